The zero-order valence-electron chi connectivity index (χ0n) is 14.6. The number of nitrogens with zero attached hydrogens (tertiary/aromatic N) is 3. The van der Waals surface area contributed by atoms with Gasteiger partial charge in [-0.1, -0.05) is 22.8 Å². The van der Waals surface area contributed by atoms with E-state index in [0.717, 1.165) is 24.5 Å². The van der Waals surface area contributed by atoms with Gasteiger partial charge >= 0.3 is 0 Å². The molecule has 1 aromatic heterocycles. The largest absolute Gasteiger partial charge is 0.360 e. The van der Waals surface area contributed by atoms with Crippen LogP contribution in [0.15, 0.2) is 34.9 Å². The summed E-state index contributed by atoms with van der Waals surface area (Å²) in [4.78, 5) is 28.4. The highest BCUT2D eigenvalue weighted by atomic mass is 35.5. The van der Waals surface area contributed by atoms with E-state index in [1.165, 1.54) is 0 Å². The van der Waals surface area contributed by atoms with Crippen molar-refractivity contribution in [3.63, 3.8) is 0 Å². The van der Waals surface area contributed by atoms with Gasteiger partial charge in [0.25, 0.3) is 5.91 Å². The molecule has 1 aromatic carbocycles. The monoisotopic (exact) mass is 376 g/mol. The molecule has 1 aliphatic heterocycles. The average Bonchev–Trinajstić information content (AvgIpc) is 3.04. The summed E-state index contributed by atoms with van der Waals surface area (Å²) in [5.74, 6) is 0.437. The summed E-state index contributed by atoms with van der Waals surface area (Å²) in [5, 5.41) is 7.02. The fourth-order valence-electron chi connectivity index (χ4n) is 2.87. The first-order valence-electron chi connectivity index (χ1n) is 8.47. The number of carbonyl (C=O) groups is 2. The van der Waals surface area contributed by atoms with E-state index in [1.54, 1.807) is 29.2 Å². The molecular formula is C18H21ClN4O3. The summed E-state index contributed by atoms with van der Waals surface area (Å²) >= 11 is 5.88. The minimum Gasteiger partial charge on any atom is -0.360 e. The highest BCUT2D eigenvalue weighted by molar-refractivity contribution is 6.30. The molecule has 8 heteroatoms. The van der Waals surface area contributed by atoms with E-state index in [-0.39, 0.29) is 18.4 Å². The van der Waals surface area contributed by atoms with E-state index >= 15 is 0 Å². The smallest absolute Gasteiger partial charge is 0.251 e. The van der Waals surface area contributed by atoms with Gasteiger partial charge in [0.2, 0.25) is 5.91 Å². The van der Waals surface area contributed by atoms with E-state index in [2.05, 4.69) is 15.4 Å². The molecule has 0 aliphatic carbocycles. The molecule has 1 aliphatic rings. The summed E-state index contributed by atoms with van der Waals surface area (Å²) in [7, 11) is 0. The molecule has 2 aromatic rings. The van der Waals surface area contributed by atoms with Crippen LogP contribution in [0.3, 0.4) is 0 Å². The van der Waals surface area contributed by atoms with E-state index in [0.29, 0.717) is 30.2 Å². The van der Waals surface area contributed by atoms with Crippen molar-refractivity contribution in [3.05, 3.63) is 52.4 Å². The predicted molar refractivity (Wildman–Crippen MR) is 96.9 cm³/mol. The highest BCUT2D eigenvalue weighted by Gasteiger charge is 2.22. The van der Waals surface area contributed by atoms with E-state index < -0.39 is 0 Å². The lowest BCUT2D eigenvalue weighted by atomic mass is 10.2. The Morgan fingerprint density at radius 1 is 1.23 bits per heavy atom. The topological polar surface area (TPSA) is 78.7 Å². The van der Waals surface area contributed by atoms with E-state index in [4.69, 9.17) is 16.1 Å². The molecule has 7 nitrogen and oxygen atoms in total. The molecule has 26 heavy (non-hydrogen) atoms. The van der Waals surface area contributed by atoms with Crippen LogP contribution in [0.4, 0.5) is 0 Å². The zero-order chi connectivity index (χ0) is 18.5. The summed E-state index contributed by atoms with van der Waals surface area (Å²) in [6.45, 7) is 5.32. The molecule has 1 saturated heterocycles. The number of aryl methyl sites for hydroxylation is 1. The number of amides is 2. The molecule has 0 bridgehead atoms. The van der Waals surface area contributed by atoms with Crippen LogP contribution in [0.5, 0.6) is 0 Å². The minimum absolute atomic E-state index is 0.0212. The van der Waals surface area contributed by atoms with Crippen molar-refractivity contribution >= 4 is 23.4 Å². The second-order valence-corrected chi connectivity index (χ2v) is 6.72. The number of rotatable bonds is 5. The number of carbonyl (C=O) groups excluding carboxylic acids is 2. The molecule has 0 atom stereocenters. The van der Waals surface area contributed by atoms with Crippen LogP contribution in [0.25, 0.3) is 0 Å². The Balaban J connectivity index is 1.42. The highest BCUT2D eigenvalue weighted by Crippen LogP contribution is 2.11. The van der Waals surface area contributed by atoms with Gasteiger partial charge < -0.3 is 14.7 Å². The van der Waals surface area contributed by atoms with Crippen LogP contribution in [-0.4, -0.2) is 59.5 Å². The van der Waals surface area contributed by atoms with Crippen LogP contribution in [0.2, 0.25) is 5.02 Å². The molecule has 2 heterocycles. The Hall–Kier alpha value is -2.38. The van der Waals surface area contributed by atoms with Gasteiger partial charge in [-0.05, 0) is 25.1 Å². The van der Waals surface area contributed by atoms with E-state index in [9.17, 15) is 9.59 Å². The van der Waals surface area contributed by atoms with Crippen LogP contribution in [0, 0.1) is 6.92 Å². The van der Waals surface area contributed by atoms with Crippen molar-refractivity contribution in [3.8, 4) is 0 Å². The molecule has 2 amide bonds. The van der Waals surface area contributed by atoms with Crippen molar-refractivity contribution in [1.82, 2.24) is 20.3 Å². The summed E-state index contributed by atoms with van der Waals surface area (Å²) < 4.78 is 5.23. The zero-order valence-corrected chi connectivity index (χ0v) is 15.3. The van der Waals surface area contributed by atoms with Crippen molar-refractivity contribution < 1.29 is 14.1 Å². The normalized spacial score (nSPS) is 15.1. The van der Waals surface area contributed by atoms with Gasteiger partial charge in [-0.15, -0.1) is 0 Å². The summed E-state index contributed by atoms with van der Waals surface area (Å²) in [6, 6.07) is 8.56. The number of halogens is 1. The number of hydrogen-bond donors (Lipinski definition) is 1. The molecule has 1 N–H and O–H groups in total. The maximum absolute atomic E-state index is 12.3. The van der Waals surface area contributed by atoms with Gasteiger partial charge in [0.15, 0.2) is 5.76 Å². The quantitative estimate of drug-likeness (QED) is 0.859. The van der Waals surface area contributed by atoms with Gasteiger partial charge in [0, 0.05) is 42.8 Å². The third kappa shape index (κ3) is 4.83. The minimum atomic E-state index is -0.305. The molecule has 0 radical (unpaired) electrons. The number of nitrogens with one attached hydrogen (secondary N) is 1. The lowest BCUT2D eigenvalue weighted by Crippen LogP contribution is -2.50. The third-order valence-corrected chi connectivity index (χ3v) is 4.50. The average molecular weight is 377 g/mol. The second kappa shape index (κ2) is 8.33. The Morgan fingerprint density at radius 2 is 2.00 bits per heavy atom. The van der Waals surface area contributed by atoms with Crippen LogP contribution in [0.1, 0.15) is 21.8 Å². The van der Waals surface area contributed by atoms with Crippen LogP contribution < -0.4 is 5.32 Å². The van der Waals surface area contributed by atoms with Crippen molar-refractivity contribution in [2.24, 2.45) is 0 Å². The van der Waals surface area contributed by atoms with Gasteiger partial charge in [0.1, 0.15) is 0 Å². The Labute approximate surface area is 156 Å². The second-order valence-electron chi connectivity index (χ2n) is 6.28. The first kappa shape index (κ1) is 18.4. The number of aromatic nitrogens is 1. The molecule has 1 fully saturated rings. The molecule has 0 saturated carbocycles. The molecule has 3 rings (SSSR count). The van der Waals surface area contributed by atoms with Gasteiger partial charge in [-0.25, -0.2) is 0 Å². The molecular weight excluding hydrogens is 356 g/mol. The van der Waals surface area contributed by atoms with Crippen LogP contribution in [-0.2, 0) is 11.3 Å². The lowest BCUT2D eigenvalue weighted by Gasteiger charge is -2.34. The third-order valence-electron chi connectivity index (χ3n) is 4.27. The Morgan fingerprint density at radius 3 is 2.65 bits per heavy atom. The van der Waals surface area contributed by atoms with Crippen molar-refractivity contribution in [1.29, 1.82) is 0 Å². The van der Waals surface area contributed by atoms with E-state index in [1.807, 2.05) is 13.0 Å². The molecule has 0 unspecified atom stereocenters. The summed E-state index contributed by atoms with van der Waals surface area (Å²) in [5.41, 5.74) is 1.31. The molecule has 0 spiro atoms. The first-order chi connectivity index (χ1) is 12.5. The predicted octanol–water partition coefficient (Wildman–Crippen LogP) is 1.71. The maximum Gasteiger partial charge on any atom is 0.251 e. The Bertz CT molecular complexity index is 784. The van der Waals surface area contributed by atoms with Crippen LogP contribution >= 0.6 is 11.6 Å². The first-order valence-corrected chi connectivity index (χ1v) is 8.85. The number of benzene rings is 1. The van der Waals surface area contributed by atoms with Gasteiger partial charge in [-0.2, -0.15) is 0 Å². The molecule has 138 valence electrons. The Kier molecular flexibility index (Phi) is 5.90. The van der Waals surface area contributed by atoms with Crippen molar-refractivity contribution in [2.75, 3.05) is 32.7 Å². The fourth-order valence-corrected chi connectivity index (χ4v) is 3.06. The number of piperazine rings is 1. The lowest BCUT2D eigenvalue weighted by molar-refractivity contribution is -0.131. The number of hydrogen-bond acceptors (Lipinski definition) is 5. The summed E-state index contributed by atoms with van der Waals surface area (Å²) in [6.07, 6.45) is 0. The van der Waals surface area contributed by atoms with Crippen molar-refractivity contribution in [2.45, 2.75) is 13.5 Å². The fraction of sp³-hybridized carbons (Fsp3) is 0.389. The van der Waals surface area contributed by atoms with Gasteiger partial charge in [0.05, 0.1) is 18.8 Å². The SMILES string of the molecule is Cc1cc(CN2CCN(C(=O)CNC(=O)c3cccc(Cl)c3)CC2)on1. The van der Waals surface area contributed by atoms with Gasteiger partial charge in [-0.3, -0.25) is 14.5 Å². The standard InChI is InChI=1S/C18H21ClN4O3/c1-13-9-16(26-21-13)12-22-5-7-23(8-6-22)17(24)11-20-18(25)14-3-2-4-15(19)10-14/h2-4,9-10H,5-8,11-12H2,1H3,(H,20,25). The maximum atomic E-state index is 12.3.